The minimum atomic E-state index is -4.83. The van der Waals surface area contributed by atoms with Crippen molar-refractivity contribution in [2.45, 2.75) is 135 Å². The number of unbranched alkanes of at least 4 members (excludes halogenated alkanes) is 6. The Bertz CT molecular complexity index is 1030. The van der Waals surface area contributed by atoms with E-state index in [1.165, 1.54) is 31.8 Å². The van der Waals surface area contributed by atoms with Gasteiger partial charge in [0.15, 0.2) is 6.10 Å². The quantitative estimate of drug-likeness (QED) is 0.0188. The van der Waals surface area contributed by atoms with E-state index in [1.807, 2.05) is 19.1 Å². The number of aliphatic hydroxyl groups excluding tert-OH is 3. The summed E-state index contributed by atoms with van der Waals surface area (Å²) >= 11 is 0. The Labute approximate surface area is 287 Å². The van der Waals surface area contributed by atoms with Crippen molar-refractivity contribution in [1.82, 2.24) is 0 Å². The van der Waals surface area contributed by atoms with Gasteiger partial charge in [0.2, 0.25) is 0 Å². The number of esters is 2. The van der Waals surface area contributed by atoms with E-state index in [2.05, 4.69) is 18.4 Å². The first-order valence-electron chi connectivity index (χ1n) is 17.3. The second kappa shape index (κ2) is 29.5. The first-order chi connectivity index (χ1) is 22.8. The molecule has 0 aliphatic heterocycles. The van der Waals surface area contributed by atoms with E-state index < -0.39 is 57.4 Å². The van der Waals surface area contributed by atoms with Gasteiger partial charge in [-0.1, -0.05) is 126 Å². The molecule has 276 valence electrons. The largest absolute Gasteiger partial charge is 0.469 e. The topological polar surface area (TPSA) is 180 Å². The van der Waals surface area contributed by atoms with Crippen LogP contribution in [0.3, 0.4) is 0 Å². The summed E-state index contributed by atoms with van der Waals surface area (Å²) in [5.74, 6) is -0.507. The van der Waals surface area contributed by atoms with Crippen LogP contribution >= 0.6 is 7.82 Å². The molecular weight excluding hydrogens is 639 g/mol. The lowest BCUT2D eigenvalue weighted by molar-refractivity contribution is -0.161. The van der Waals surface area contributed by atoms with Gasteiger partial charge in [0, 0.05) is 12.8 Å². The van der Waals surface area contributed by atoms with E-state index in [-0.39, 0.29) is 25.7 Å². The molecule has 0 rings (SSSR count). The van der Waals surface area contributed by atoms with Crippen molar-refractivity contribution in [3.63, 3.8) is 0 Å². The summed E-state index contributed by atoms with van der Waals surface area (Å²) in [7, 11) is -4.83. The molecule has 48 heavy (non-hydrogen) atoms. The maximum atomic E-state index is 12.3. The predicted octanol–water partition coefficient (Wildman–Crippen LogP) is 6.55. The van der Waals surface area contributed by atoms with E-state index in [4.69, 9.17) is 19.3 Å². The summed E-state index contributed by atoms with van der Waals surface area (Å²) in [6, 6.07) is 0. The summed E-state index contributed by atoms with van der Waals surface area (Å²) in [5.41, 5.74) is 0. The fourth-order valence-corrected chi connectivity index (χ4v) is 4.73. The Hall–Kier alpha value is -2.37. The summed E-state index contributed by atoms with van der Waals surface area (Å²) in [6.07, 6.45) is 23.6. The summed E-state index contributed by atoms with van der Waals surface area (Å²) in [4.78, 5) is 42.6. The van der Waals surface area contributed by atoms with Crippen LogP contribution in [0.2, 0.25) is 0 Å². The molecule has 0 aromatic rings. The van der Waals surface area contributed by atoms with Crippen LogP contribution in [0.5, 0.6) is 0 Å². The highest BCUT2D eigenvalue weighted by Gasteiger charge is 2.23. The van der Waals surface area contributed by atoms with E-state index >= 15 is 0 Å². The second-order valence-corrected chi connectivity index (χ2v) is 13.4. The highest BCUT2D eigenvalue weighted by atomic mass is 31.2. The molecule has 0 radical (unpaired) electrons. The molecule has 0 aromatic heterocycles. The molecule has 0 aromatic carbocycles. The molecule has 5 N–H and O–H groups in total. The molecule has 0 bridgehead atoms. The van der Waals surface area contributed by atoms with Gasteiger partial charge in [-0.15, -0.1) is 0 Å². The number of ether oxygens (including phenoxy) is 2. The normalized spacial score (nSPS) is 15.4. The molecule has 4 atom stereocenters. The smallest absolute Gasteiger partial charge is 0.462 e. The Kier molecular flexibility index (Phi) is 28.1. The first-order valence-corrected chi connectivity index (χ1v) is 18.8. The van der Waals surface area contributed by atoms with Gasteiger partial charge in [-0.2, -0.15) is 0 Å². The molecule has 12 heteroatoms. The summed E-state index contributed by atoms with van der Waals surface area (Å²) < 4.78 is 26.0. The first kappa shape index (κ1) is 45.6. The molecule has 0 spiro atoms. The van der Waals surface area contributed by atoms with Crippen molar-refractivity contribution in [3.05, 3.63) is 60.8 Å². The van der Waals surface area contributed by atoms with Gasteiger partial charge >= 0.3 is 19.8 Å². The Morgan fingerprint density at radius 2 is 1.29 bits per heavy atom. The monoisotopic (exact) mass is 700 g/mol. The van der Waals surface area contributed by atoms with Crippen molar-refractivity contribution in [1.29, 1.82) is 0 Å². The van der Waals surface area contributed by atoms with E-state index in [0.29, 0.717) is 12.8 Å². The van der Waals surface area contributed by atoms with Crippen LogP contribution in [0.15, 0.2) is 60.8 Å². The van der Waals surface area contributed by atoms with Crippen LogP contribution in [-0.2, 0) is 28.2 Å². The number of phosphoric acid groups is 1. The lowest BCUT2D eigenvalue weighted by Gasteiger charge is -2.18. The standard InChI is InChI=1S/C36H61O11P/c1-4-5-15-22-31(37)23-17-12-9-10-13-18-24-33(38)34(39)25-20-27-35(40)45-28-32(29-46-48(42,43)44)47-36(41)26-19-14-8-6-7-11-16-21-30(2)3/h5,9-10,12-13,15,17-18,23-24,30-34,37-39H,4,6-8,11,14,16,19-22,25-29H2,1-3H3,(H2,42,43,44)/b12-9+,13-10-,15-5-,23-17+,24-18-/t31-,32-,33+,34+/m1/s1. The third-order valence-electron chi connectivity index (χ3n) is 7.07. The average molecular weight is 701 g/mol. The highest BCUT2D eigenvalue weighted by Crippen LogP contribution is 2.36. The summed E-state index contributed by atoms with van der Waals surface area (Å²) in [5, 5.41) is 30.1. The molecule has 11 nitrogen and oxygen atoms in total. The van der Waals surface area contributed by atoms with Crippen molar-refractivity contribution >= 4 is 19.8 Å². The van der Waals surface area contributed by atoms with Crippen molar-refractivity contribution in [3.8, 4) is 0 Å². The Morgan fingerprint density at radius 3 is 1.92 bits per heavy atom. The van der Waals surface area contributed by atoms with Gasteiger partial charge in [-0.25, -0.2) is 4.57 Å². The molecule has 0 saturated heterocycles. The molecular formula is C36H61O11P. The van der Waals surface area contributed by atoms with Gasteiger partial charge < -0.3 is 34.6 Å². The van der Waals surface area contributed by atoms with Crippen LogP contribution in [0.25, 0.3) is 0 Å². The van der Waals surface area contributed by atoms with Gasteiger partial charge in [0.1, 0.15) is 6.61 Å². The number of hydrogen-bond donors (Lipinski definition) is 5. The SMILES string of the molecule is CC/C=C\C[C@@H](O)/C=C/C=C/C=C\C=C/[C@H](O)[C@@H](O)CCCC(=O)OC[C@H](COP(=O)(O)O)OC(=O)CCCCCCCCCC(C)C. The van der Waals surface area contributed by atoms with Crippen LogP contribution in [0.1, 0.15) is 111 Å². The van der Waals surface area contributed by atoms with Crippen molar-refractivity contribution < 1.29 is 53.3 Å². The summed E-state index contributed by atoms with van der Waals surface area (Å²) in [6.45, 7) is 5.39. The number of allylic oxidation sites excluding steroid dienone is 7. The van der Waals surface area contributed by atoms with E-state index in [0.717, 1.165) is 31.6 Å². The fraction of sp³-hybridized carbons (Fsp3) is 0.667. The number of hydrogen-bond acceptors (Lipinski definition) is 9. The highest BCUT2D eigenvalue weighted by molar-refractivity contribution is 7.46. The maximum absolute atomic E-state index is 12.3. The third-order valence-corrected chi connectivity index (χ3v) is 7.56. The van der Waals surface area contributed by atoms with Crippen LogP contribution in [0.4, 0.5) is 0 Å². The van der Waals surface area contributed by atoms with Crippen LogP contribution < -0.4 is 0 Å². The number of carbonyl (C=O) groups excluding carboxylic acids is 2. The van der Waals surface area contributed by atoms with Crippen molar-refractivity contribution in [2.75, 3.05) is 13.2 Å². The molecule has 0 fully saturated rings. The molecule has 0 saturated carbocycles. The van der Waals surface area contributed by atoms with Crippen molar-refractivity contribution in [2.24, 2.45) is 5.92 Å². The lowest BCUT2D eigenvalue weighted by Crippen LogP contribution is -2.29. The maximum Gasteiger partial charge on any atom is 0.469 e. The Morgan fingerprint density at radius 1 is 0.708 bits per heavy atom. The molecule has 0 heterocycles. The predicted molar refractivity (Wildman–Crippen MR) is 188 cm³/mol. The zero-order valence-corrected chi connectivity index (χ0v) is 30.0. The third kappa shape index (κ3) is 30.9. The molecule has 0 amide bonds. The van der Waals surface area contributed by atoms with Gasteiger partial charge in [0.25, 0.3) is 0 Å². The van der Waals surface area contributed by atoms with Crippen LogP contribution in [-0.4, -0.2) is 74.7 Å². The lowest BCUT2D eigenvalue weighted by atomic mass is 10.0. The zero-order valence-electron chi connectivity index (χ0n) is 29.1. The van der Waals surface area contributed by atoms with Gasteiger partial charge in [-0.05, 0) is 38.0 Å². The van der Waals surface area contributed by atoms with E-state index in [9.17, 15) is 29.5 Å². The van der Waals surface area contributed by atoms with Gasteiger partial charge in [0.05, 0.1) is 24.9 Å². The number of carbonyl (C=O) groups is 2. The second-order valence-electron chi connectivity index (χ2n) is 12.2. The molecule has 0 aliphatic rings. The Balaban J connectivity index is 4.41. The number of rotatable bonds is 29. The van der Waals surface area contributed by atoms with Gasteiger partial charge in [-0.3, -0.25) is 14.1 Å². The minimum absolute atomic E-state index is 0.0905. The molecule has 0 aliphatic carbocycles. The number of aliphatic hydroxyl groups is 3. The fourth-order valence-electron chi connectivity index (χ4n) is 4.37. The minimum Gasteiger partial charge on any atom is -0.462 e. The van der Waals surface area contributed by atoms with Crippen LogP contribution in [0, 0.1) is 5.92 Å². The zero-order chi connectivity index (χ0) is 36.0. The molecule has 0 unspecified atom stereocenters. The average Bonchev–Trinajstić information content (AvgIpc) is 3.02. The van der Waals surface area contributed by atoms with E-state index in [1.54, 1.807) is 42.5 Å². The number of phosphoric ester groups is 1.